The van der Waals surface area contributed by atoms with Crippen molar-refractivity contribution in [2.24, 2.45) is 0 Å². The van der Waals surface area contributed by atoms with E-state index in [9.17, 15) is 18.4 Å². The van der Waals surface area contributed by atoms with Crippen molar-refractivity contribution in [3.8, 4) is 22.9 Å². The number of aldehydes is 1. The number of aromatic amines is 1. The number of carbonyl (C=O) groups is 4. The summed E-state index contributed by atoms with van der Waals surface area (Å²) in [7, 11) is 4.95. The molecule has 0 saturated heterocycles. The second kappa shape index (κ2) is 29.9. The molecule has 0 fully saturated rings. The minimum absolute atomic E-state index is 0.00409. The lowest BCUT2D eigenvalue weighted by Gasteiger charge is -2.08. The number of H-pyrrole nitrogens is 1. The summed E-state index contributed by atoms with van der Waals surface area (Å²) in [6.45, 7) is 12.3. The van der Waals surface area contributed by atoms with E-state index in [-0.39, 0.29) is 11.6 Å². The first-order chi connectivity index (χ1) is 23.6. The Kier molecular flexibility index (Phi) is 27.9. The predicted octanol–water partition coefficient (Wildman–Crippen LogP) is 6.67. The smallest absolute Gasteiger partial charge is 0.292 e. The summed E-state index contributed by atoms with van der Waals surface area (Å²) in [5, 5.41) is 8.26. The fourth-order valence-corrected chi connectivity index (χ4v) is 3.24. The highest BCUT2D eigenvalue weighted by Gasteiger charge is 2.08. The molecule has 0 aliphatic rings. The van der Waals surface area contributed by atoms with Crippen LogP contribution >= 0.6 is 0 Å². The van der Waals surface area contributed by atoms with Gasteiger partial charge >= 0.3 is 0 Å². The number of halogens is 2. The van der Waals surface area contributed by atoms with E-state index in [1.165, 1.54) is 31.4 Å². The van der Waals surface area contributed by atoms with Gasteiger partial charge in [0.2, 0.25) is 6.41 Å². The fraction of sp³-hybridized carbons (Fsp3) is 0.306. The van der Waals surface area contributed by atoms with Crippen molar-refractivity contribution in [2.75, 3.05) is 39.6 Å². The van der Waals surface area contributed by atoms with Gasteiger partial charge in [0.1, 0.15) is 24.6 Å². The molecule has 2 heterocycles. The van der Waals surface area contributed by atoms with Crippen molar-refractivity contribution in [2.45, 2.75) is 40.5 Å². The molecule has 0 spiro atoms. The lowest BCUT2D eigenvalue weighted by molar-refractivity contribution is -0.126. The van der Waals surface area contributed by atoms with Crippen LogP contribution in [-0.4, -0.2) is 70.2 Å². The maximum atomic E-state index is 13.8. The standard InChI is InChI=1S/C17H13FN2O2.C8H10FN.C5H11NO.C3H9N.C2H4O2.CH2O/c1-11-6-15(20-9-11)16-8-13(4-5-19-16)22-17-7-12(10-21)2-3-14(17)18;1-6-3-4-7(9)8(5-6)10-2;1-2-3-4-6-5-7;1-3-4-2;1-4-2-3;1-2/h2-10,20H,1H3;3-5,10H,1-2H3;5H,2-4H2,1H3,(H,6,7);4H,3H2,1-2H3;2H,1H3;1H2. The minimum Gasteiger partial charge on any atom is -0.471 e. The SMILES string of the molecule is C=O.CCCCNC=O.CCNC.CNc1cc(C)ccc1F.COC=O.Cc1c[nH]c(-c2cc(Oc3cc(C=O)ccc3F)ccn2)c1. The van der Waals surface area contributed by atoms with Crippen LogP contribution in [0.4, 0.5) is 14.5 Å². The van der Waals surface area contributed by atoms with Crippen LogP contribution in [0.3, 0.4) is 0 Å². The quantitative estimate of drug-likeness (QED) is 0.100. The van der Waals surface area contributed by atoms with Gasteiger partial charge in [0.05, 0.1) is 24.2 Å². The number of hydrogen-bond acceptors (Lipinski definition) is 9. The van der Waals surface area contributed by atoms with Gasteiger partial charge in [0.15, 0.2) is 11.6 Å². The number of hydrogen-bond donors (Lipinski definition) is 4. The molecule has 0 aliphatic heterocycles. The average molecular weight is 686 g/mol. The van der Waals surface area contributed by atoms with Gasteiger partial charge in [-0.1, -0.05) is 26.3 Å². The summed E-state index contributed by atoms with van der Waals surface area (Å²) >= 11 is 0. The third-order valence-corrected chi connectivity index (χ3v) is 5.75. The van der Waals surface area contributed by atoms with Gasteiger partial charge in [-0.15, -0.1) is 0 Å². The zero-order valence-electron chi connectivity index (χ0n) is 29.3. The van der Waals surface area contributed by atoms with E-state index < -0.39 is 5.82 Å². The predicted molar refractivity (Wildman–Crippen MR) is 190 cm³/mol. The number of amides is 1. The first kappa shape index (κ1) is 45.7. The number of unbranched alkanes of at least 4 members (excludes halogenated alkanes) is 1. The van der Waals surface area contributed by atoms with E-state index in [1.807, 2.05) is 39.9 Å². The molecule has 0 unspecified atom stereocenters. The third kappa shape index (κ3) is 21.1. The van der Waals surface area contributed by atoms with E-state index in [0.717, 1.165) is 49.2 Å². The lowest BCUT2D eigenvalue weighted by atomic mass is 10.2. The van der Waals surface area contributed by atoms with Crippen molar-refractivity contribution < 1.29 is 37.4 Å². The average Bonchev–Trinajstić information content (AvgIpc) is 3.58. The van der Waals surface area contributed by atoms with Gasteiger partial charge in [-0.05, 0) is 87.5 Å². The molecular weight excluding hydrogens is 636 g/mol. The Hall–Kier alpha value is -5.43. The molecule has 2 aromatic heterocycles. The van der Waals surface area contributed by atoms with Crippen LogP contribution in [0.1, 0.15) is 48.2 Å². The van der Waals surface area contributed by atoms with E-state index in [1.54, 1.807) is 37.5 Å². The van der Waals surface area contributed by atoms with Crippen LogP contribution in [0.25, 0.3) is 11.4 Å². The van der Waals surface area contributed by atoms with Gasteiger partial charge in [0, 0.05) is 37.6 Å². The number of anilines is 1. The number of nitrogens with zero attached hydrogens (tertiary/aromatic N) is 1. The Balaban J connectivity index is 0. The normalized spacial score (nSPS) is 8.92. The summed E-state index contributed by atoms with van der Waals surface area (Å²) in [4.78, 5) is 44.7. The van der Waals surface area contributed by atoms with E-state index in [0.29, 0.717) is 35.5 Å². The molecule has 0 bridgehead atoms. The first-order valence-corrected chi connectivity index (χ1v) is 15.2. The maximum absolute atomic E-state index is 13.8. The van der Waals surface area contributed by atoms with Crippen LogP contribution in [0, 0.1) is 25.5 Å². The lowest BCUT2D eigenvalue weighted by Crippen LogP contribution is -2.11. The highest BCUT2D eigenvalue weighted by atomic mass is 19.1. The largest absolute Gasteiger partial charge is 0.471 e. The molecule has 2 aromatic carbocycles. The summed E-state index contributed by atoms with van der Waals surface area (Å²) in [5.41, 5.74) is 4.60. The Bertz CT molecular complexity index is 1470. The highest BCUT2D eigenvalue weighted by Crippen LogP contribution is 2.28. The molecule has 11 nitrogen and oxygen atoms in total. The van der Waals surface area contributed by atoms with Crippen molar-refractivity contribution in [3.63, 3.8) is 0 Å². The molecule has 4 N–H and O–H groups in total. The second-order valence-corrected chi connectivity index (χ2v) is 9.58. The highest BCUT2D eigenvalue weighted by molar-refractivity contribution is 5.75. The van der Waals surface area contributed by atoms with Gasteiger partial charge in [-0.2, -0.15) is 0 Å². The topological polar surface area (TPSA) is 152 Å². The van der Waals surface area contributed by atoms with Gasteiger partial charge in [-0.25, -0.2) is 8.78 Å². The van der Waals surface area contributed by atoms with Crippen molar-refractivity contribution >= 4 is 31.6 Å². The summed E-state index contributed by atoms with van der Waals surface area (Å²) in [6.07, 6.45) is 7.06. The third-order valence-electron chi connectivity index (χ3n) is 5.75. The molecule has 4 aromatic rings. The summed E-state index contributed by atoms with van der Waals surface area (Å²) in [6, 6.07) is 14.2. The van der Waals surface area contributed by atoms with Gasteiger partial charge in [-0.3, -0.25) is 19.4 Å². The molecule has 13 heteroatoms. The molecule has 0 radical (unpaired) electrons. The fourth-order valence-electron chi connectivity index (χ4n) is 3.24. The Morgan fingerprint density at radius 3 is 2.06 bits per heavy atom. The number of benzene rings is 2. The number of pyridine rings is 1. The van der Waals surface area contributed by atoms with E-state index in [2.05, 4.69) is 44.5 Å². The van der Waals surface area contributed by atoms with E-state index in [4.69, 9.17) is 14.3 Å². The second-order valence-electron chi connectivity index (χ2n) is 9.58. The molecule has 0 atom stereocenters. The van der Waals surface area contributed by atoms with E-state index >= 15 is 0 Å². The van der Waals surface area contributed by atoms with Crippen LogP contribution in [0.2, 0.25) is 0 Å². The van der Waals surface area contributed by atoms with Gasteiger partial charge < -0.3 is 35.2 Å². The Labute approximate surface area is 287 Å². The molecular formula is C36H49F2N5O6. The van der Waals surface area contributed by atoms with Crippen LogP contribution in [-0.2, 0) is 19.1 Å². The monoisotopic (exact) mass is 685 g/mol. The Morgan fingerprint density at radius 2 is 1.57 bits per heavy atom. The zero-order valence-corrected chi connectivity index (χ0v) is 29.3. The number of aryl methyl sites for hydroxylation is 2. The van der Waals surface area contributed by atoms with Crippen LogP contribution in [0.15, 0.2) is 67.0 Å². The molecule has 49 heavy (non-hydrogen) atoms. The molecule has 0 saturated carbocycles. The summed E-state index contributed by atoms with van der Waals surface area (Å²) in [5.74, 6) is -0.281. The maximum Gasteiger partial charge on any atom is 0.292 e. The van der Waals surface area contributed by atoms with Crippen molar-refractivity contribution in [3.05, 3.63) is 95.3 Å². The summed E-state index contributed by atoms with van der Waals surface area (Å²) < 4.78 is 35.9. The van der Waals surface area contributed by atoms with Crippen molar-refractivity contribution in [1.29, 1.82) is 0 Å². The first-order valence-electron chi connectivity index (χ1n) is 15.2. The Morgan fingerprint density at radius 1 is 0.918 bits per heavy atom. The number of rotatable bonds is 11. The minimum atomic E-state index is -0.528. The molecule has 1 amide bonds. The van der Waals surface area contributed by atoms with Crippen LogP contribution < -0.4 is 20.7 Å². The zero-order chi connectivity index (χ0) is 37.5. The van der Waals surface area contributed by atoms with Gasteiger partial charge in [0.25, 0.3) is 6.47 Å². The number of ether oxygens (including phenoxy) is 2. The number of methoxy groups -OCH3 is 1. The molecule has 4 rings (SSSR count). The number of nitrogens with one attached hydrogen (secondary N) is 4. The number of aromatic nitrogens is 2. The van der Waals surface area contributed by atoms with Crippen molar-refractivity contribution in [1.82, 2.24) is 20.6 Å². The molecule has 268 valence electrons. The number of carbonyl (C=O) groups excluding carboxylic acids is 4. The van der Waals surface area contributed by atoms with Crippen LogP contribution in [0.5, 0.6) is 11.5 Å². The molecule has 0 aliphatic carbocycles.